The van der Waals surface area contributed by atoms with Crippen molar-refractivity contribution in [1.82, 2.24) is 5.32 Å². The zero-order chi connectivity index (χ0) is 15.9. The fourth-order valence-electron chi connectivity index (χ4n) is 1.79. The molecule has 0 saturated heterocycles. The van der Waals surface area contributed by atoms with Crippen LogP contribution < -0.4 is 10.6 Å². The van der Waals surface area contributed by atoms with Crippen molar-refractivity contribution in [1.29, 1.82) is 0 Å². The Morgan fingerprint density at radius 3 is 2.27 bits per heavy atom. The summed E-state index contributed by atoms with van der Waals surface area (Å²) in [6.45, 7) is 0.217. The topological polar surface area (TPSA) is 58.2 Å². The fourth-order valence-corrected chi connectivity index (χ4v) is 1.79. The van der Waals surface area contributed by atoms with Gasteiger partial charge in [-0.2, -0.15) is 0 Å². The van der Waals surface area contributed by atoms with Crippen LogP contribution in [-0.2, 0) is 16.0 Å². The van der Waals surface area contributed by atoms with E-state index >= 15 is 0 Å². The minimum Gasteiger partial charge on any atom is -0.347 e. The van der Waals surface area contributed by atoms with Gasteiger partial charge in [-0.1, -0.05) is 24.3 Å². The molecule has 0 atom stereocenters. The van der Waals surface area contributed by atoms with Crippen molar-refractivity contribution in [2.24, 2.45) is 0 Å². The van der Waals surface area contributed by atoms with Gasteiger partial charge in [-0.25, -0.2) is 8.78 Å². The molecule has 114 valence electrons. The molecule has 0 spiro atoms. The number of hydrogen-bond donors (Lipinski definition) is 2. The van der Waals surface area contributed by atoms with Gasteiger partial charge in [-0.15, -0.1) is 0 Å². The summed E-state index contributed by atoms with van der Waals surface area (Å²) in [5, 5.41) is 4.61. The number of para-hydroxylation sites is 1. The van der Waals surface area contributed by atoms with Crippen LogP contribution in [0.3, 0.4) is 0 Å². The van der Waals surface area contributed by atoms with Gasteiger partial charge in [0.05, 0.1) is 5.69 Å². The van der Waals surface area contributed by atoms with E-state index in [4.69, 9.17) is 0 Å². The maximum absolute atomic E-state index is 13.3. The van der Waals surface area contributed by atoms with Gasteiger partial charge in [-0.05, 0) is 36.2 Å². The summed E-state index contributed by atoms with van der Waals surface area (Å²) in [6, 6.07) is 11.4. The number of benzene rings is 2. The fraction of sp³-hybridized carbons (Fsp3) is 0.125. The van der Waals surface area contributed by atoms with Gasteiger partial charge in [0.15, 0.2) is 0 Å². The Balaban J connectivity index is 1.80. The van der Waals surface area contributed by atoms with Crippen LogP contribution in [0.15, 0.2) is 48.5 Å². The van der Waals surface area contributed by atoms with E-state index in [-0.39, 0.29) is 18.0 Å². The van der Waals surface area contributed by atoms with E-state index in [2.05, 4.69) is 10.6 Å². The molecular weight excluding hydrogens is 290 g/mol. The molecule has 2 rings (SSSR count). The molecule has 0 fully saturated rings. The van der Waals surface area contributed by atoms with Crippen molar-refractivity contribution in [3.8, 4) is 0 Å². The number of rotatable bonds is 4. The smallest absolute Gasteiger partial charge is 0.313 e. The lowest BCUT2D eigenvalue weighted by Gasteiger charge is -2.07. The van der Waals surface area contributed by atoms with Gasteiger partial charge in [0, 0.05) is 6.54 Å². The lowest BCUT2D eigenvalue weighted by molar-refractivity contribution is -0.136. The quantitative estimate of drug-likeness (QED) is 0.851. The molecule has 0 aromatic heterocycles. The van der Waals surface area contributed by atoms with Gasteiger partial charge in [0.1, 0.15) is 11.6 Å². The maximum Gasteiger partial charge on any atom is 0.313 e. The van der Waals surface area contributed by atoms with Gasteiger partial charge in [0.2, 0.25) is 0 Å². The highest BCUT2D eigenvalue weighted by molar-refractivity contribution is 6.39. The monoisotopic (exact) mass is 304 g/mol. The van der Waals surface area contributed by atoms with Crippen molar-refractivity contribution in [2.45, 2.75) is 6.42 Å². The Labute approximate surface area is 126 Å². The summed E-state index contributed by atoms with van der Waals surface area (Å²) in [5.41, 5.74) is 0.775. The van der Waals surface area contributed by atoms with Gasteiger partial charge in [-0.3, -0.25) is 9.59 Å². The molecule has 2 aromatic rings. The third-order valence-corrected chi connectivity index (χ3v) is 2.94. The van der Waals surface area contributed by atoms with Crippen LogP contribution in [0.25, 0.3) is 0 Å². The van der Waals surface area contributed by atoms with Crippen LogP contribution in [0.5, 0.6) is 0 Å². The SMILES string of the molecule is O=C(NCCc1ccc(F)cc1)C(=O)Nc1ccccc1F. The molecule has 2 amide bonds. The minimum atomic E-state index is -0.941. The van der Waals surface area contributed by atoms with Crippen molar-refractivity contribution in [3.05, 3.63) is 65.7 Å². The largest absolute Gasteiger partial charge is 0.347 e. The molecule has 2 N–H and O–H groups in total. The predicted molar refractivity (Wildman–Crippen MR) is 78.1 cm³/mol. The number of hydrogen-bond acceptors (Lipinski definition) is 2. The van der Waals surface area contributed by atoms with E-state index < -0.39 is 17.6 Å². The maximum atomic E-state index is 13.3. The summed E-state index contributed by atoms with van der Waals surface area (Å²) in [5.74, 6) is -2.75. The molecule has 6 heteroatoms. The second kappa shape index (κ2) is 7.31. The molecule has 0 aliphatic carbocycles. The Bertz CT molecular complexity index is 672. The molecule has 0 aliphatic heterocycles. The number of nitrogens with one attached hydrogen (secondary N) is 2. The highest BCUT2D eigenvalue weighted by Gasteiger charge is 2.14. The van der Waals surface area contributed by atoms with Crippen molar-refractivity contribution in [2.75, 3.05) is 11.9 Å². The predicted octanol–water partition coefficient (Wildman–Crippen LogP) is 2.26. The zero-order valence-corrected chi connectivity index (χ0v) is 11.6. The standard InChI is InChI=1S/C16H14F2N2O2/c17-12-7-5-11(6-8-12)9-10-19-15(21)16(22)20-14-4-2-1-3-13(14)18/h1-8H,9-10H2,(H,19,21)(H,20,22). The van der Waals surface area contributed by atoms with Gasteiger partial charge in [0.25, 0.3) is 0 Å². The molecule has 0 heterocycles. The molecule has 0 bridgehead atoms. The van der Waals surface area contributed by atoms with E-state index in [9.17, 15) is 18.4 Å². The first kappa shape index (κ1) is 15.6. The molecular formula is C16H14F2N2O2. The summed E-state index contributed by atoms with van der Waals surface area (Å²) in [6.07, 6.45) is 0.457. The van der Waals surface area contributed by atoms with Crippen LogP contribution in [0.4, 0.5) is 14.5 Å². The summed E-state index contributed by atoms with van der Waals surface area (Å²) >= 11 is 0. The number of carbonyl (C=O) groups excluding carboxylic acids is 2. The van der Waals surface area contributed by atoms with Crippen LogP contribution in [-0.4, -0.2) is 18.4 Å². The summed E-state index contributed by atoms with van der Waals surface area (Å²) in [7, 11) is 0. The third kappa shape index (κ3) is 4.37. The van der Waals surface area contributed by atoms with Crippen LogP contribution in [0.2, 0.25) is 0 Å². The Kier molecular flexibility index (Phi) is 5.19. The Morgan fingerprint density at radius 1 is 0.909 bits per heavy atom. The average molecular weight is 304 g/mol. The molecule has 0 radical (unpaired) electrons. The average Bonchev–Trinajstić information content (AvgIpc) is 2.51. The number of anilines is 1. The highest BCUT2D eigenvalue weighted by Crippen LogP contribution is 2.11. The van der Waals surface area contributed by atoms with Crippen LogP contribution in [0, 0.1) is 11.6 Å². The van der Waals surface area contributed by atoms with Gasteiger partial charge < -0.3 is 10.6 Å². The van der Waals surface area contributed by atoms with E-state index in [1.54, 1.807) is 18.2 Å². The molecule has 0 unspecified atom stereocenters. The van der Waals surface area contributed by atoms with Crippen molar-refractivity contribution >= 4 is 17.5 Å². The molecule has 22 heavy (non-hydrogen) atoms. The van der Waals surface area contributed by atoms with E-state index in [1.807, 2.05) is 0 Å². The molecule has 2 aromatic carbocycles. The minimum absolute atomic E-state index is 0.0545. The van der Waals surface area contributed by atoms with Crippen molar-refractivity contribution < 1.29 is 18.4 Å². The first-order valence-corrected chi connectivity index (χ1v) is 6.64. The number of carbonyl (C=O) groups is 2. The molecule has 0 aliphatic rings. The summed E-state index contributed by atoms with van der Waals surface area (Å²) in [4.78, 5) is 23.2. The normalized spacial score (nSPS) is 10.1. The van der Waals surface area contributed by atoms with Crippen LogP contribution >= 0.6 is 0 Å². The third-order valence-electron chi connectivity index (χ3n) is 2.94. The number of amides is 2. The highest BCUT2D eigenvalue weighted by atomic mass is 19.1. The van der Waals surface area contributed by atoms with E-state index in [0.717, 1.165) is 5.56 Å². The second-order valence-electron chi connectivity index (χ2n) is 4.57. The molecule has 0 saturated carbocycles. The molecule has 4 nitrogen and oxygen atoms in total. The van der Waals surface area contributed by atoms with E-state index in [1.165, 1.54) is 30.3 Å². The van der Waals surface area contributed by atoms with E-state index in [0.29, 0.717) is 6.42 Å². The first-order chi connectivity index (χ1) is 10.6. The number of halogens is 2. The zero-order valence-electron chi connectivity index (χ0n) is 11.6. The second-order valence-corrected chi connectivity index (χ2v) is 4.57. The first-order valence-electron chi connectivity index (χ1n) is 6.64. The summed E-state index contributed by atoms with van der Waals surface area (Å²) < 4.78 is 26.1. The Hall–Kier alpha value is -2.76. The Morgan fingerprint density at radius 2 is 1.59 bits per heavy atom. The van der Waals surface area contributed by atoms with Crippen LogP contribution in [0.1, 0.15) is 5.56 Å². The lowest BCUT2D eigenvalue weighted by Crippen LogP contribution is -2.36. The lowest BCUT2D eigenvalue weighted by atomic mass is 10.1. The van der Waals surface area contributed by atoms with Gasteiger partial charge >= 0.3 is 11.8 Å². The van der Waals surface area contributed by atoms with Crippen molar-refractivity contribution in [3.63, 3.8) is 0 Å².